The molecule has 3 aromatic rings. The van der Waals surface area contributed by atoms with Crippen LogP contribution < -0.4 is 10.6 Å². The van der Waals surface area contributed by atoms with E-state index in [-0.39, 0.29) is 23.2 Å². The first kappa shape index (κ1) is 17.9. The van der Waals surface area contributed by atoms with Crippen molar-refractivity contribution in [2.75, 3.05) is 17.2 Å². The molecule has 26 heavy (non-hydrogen) atoms. The molecule has 0 radical (unpaired) electrons. The fourth-order valence-electron chi connectivity index (χ4n) is 2.64. The normalized spacial score (nSPS) is 10.6. The summed E-state index contributed by atoms with van der Waals surface area (Å²) in [6.45, 7) is 3.62. The molecular formula is C19H18ClFN4O. The molecule has 2 N–H and O–H groups in total. The second-order valence-electron chi connectivity index (χ2n) is 5.80. The Morgan fingerprint density at radius 2 is 1.88 bits per heavy atom. The van der Waals surface area contributed by atoms with Crippen molar-refractivity contribution in [1.82, 2.24) is 9.78 Å². The van der Waals surface area contributed by atoms with Crippen molar-refractivity contribution in [3.05, 3.63) is 70.8 Å². The number of benzene rings is 2. The quantitative estimate of drug-likeness (QED) is 0.700. The predicted molar refractivity (Wildman–Crippen MR) is 102 cm³/mol. The van der Waals surface area contributed by atoms with E-state index in [1.54, 1.807) is 10.7 Å². The monoisotopic (exact) mass is 372 g/mol. The molecular weight excluding hydrogens is 355 g/mol. The number of aromatic nitrogens is 2. The zero-order valence-corrected chi connectivity index (χ0v) is 15.1. The number of anilines is 2. The lowest BCUT2D eigenvalue weighted by Crippen LogP contribution is -2.22. The van der Waals surface area contributed by atoms with Crippen LogP contribution in [0.4, 0.5) is 15.8 Å². The first-order valence-corrected chi connectivity index (χ1v) is 8.44. The van der Waals surface area contributed by atoms with Crippen molar-refractivity contribution < 1.29 is 9.18 Å². The maximum Gasteiger partial charge on any atom is 0.243 e. The summed E-state index contributed by atoms with van der Waals surface area (Å²) in [5.74, 6) is -0.880. The average molecular weight is 373 g/mol. The number of aryl methyl sites for hydroxylation is 1. The number of hydrogen-bond donors (Lipinski definition) is 2. The van der Waals surface area contributed by atoms with Gasteiger partial charge in [-0.15, -0.1) is 0 Å². The second kappa shape index (κ2) is 7.58. The molecule has 7 heteroatoms. The van der Waals surface area contributed by atoms with Crippen molar-refractivity contribution in [3.8, 4) is 5.69 Å². The topological polar surface area (TPSA) is 59.0 Å². The third-order valence-corrected chi connectivity index (χ3v) is 4.24. The Kier molecular flexibility index (Phi) is 5.23. The molecule has 0 saturated carbocycles. The lowest BCUT2D eigenvalue weighted by atomic mass is 10.3. The van der Waals surface area contributed by atoms with Gasteiger partial charge in [-0.25, -0.2) is 9.07 Å². The Morgan fingerprint density at radius 1 is 1.15 bits per heavy atom. The molecule has 1 amide bonds. The maximum absolute atomic E-state index is 13.9. The van der Waals surface area contributed by atoms with Crippen LogP contribution in [0.2, 0.25) is 5.02 Å². The van der Waals surface area contributed by atoms with E-state index in [9.17, 15) is 9.18 Å². The van der Waals surface area contributed by atoms with Crippen LogP contribution in [0.3, 0.4) is 0 Å². The SMILES string of the molecule is Cc1nn(-c2ccccc2)c(C)c1NC(=O)CNc1cccc(Cl)c1F. The highest BCUT2D eigenvalue weighted by Gasteiger charge is 2.15. The van der Waals surface area contributed by atoms with Crippen molar-refractivity contribution in [1.29, 1.82) is 0 Å². The summed E-state index contributed by atoms with van der Waals surface area (Å²) < 4.78 is 15.6. The third-order valence-electron chi connectivity index (χ3n) is 3.95. The molecule has 0 aliphatic heterocycles. The number of para-hydroxylation sites is 1. The number of rotatable bonds is 5. The summed E-state index contributed by atoms with van der Waals surface area (Å²) >= 11 is 5.73. The van der Waals surface area contributed by atoms with Crippen LogP contribution in [0, 0.1) is 19.7 Å². The highest BCUT2D eigenvalue weighted by molar-refractivity contribution is 6.31. The minimum Gasteiger partial charge on any atom is -0.374 e. The Morgan fingerprint density at radius 3 is 2.62 bits per heavy atom. The first-order valence-electron chi connectivity index (χ1n) is 8.06. The maximum atomic E-state index is 13.9. The van der Waals surface area contributed by atoms with E-state index in [0.29, 0.717) is 11.4 Å². The van der Waals surface area contributed by atoms with E-state index >= 15 is 0 Å². The molecule has 3 rings (SSSR count). The van der Waals surface area contributed by atoms with Gasteiger partial charge in [0.1, 0.15) is 0 Å². The summed E-state index contributed by atoms with van der Waals surface area (Å²) in [4.78, 5) is 12.3. The van der Waals surface area contributed by atoms with E-state index in [1.807, 2.05) is 44.2 Å². The number of carbonyl (C=O) groups is 1. The molecule has 0 unspecified atom stereocenters. The Hall–Kier alpha value is -2.86. The summed E-state index contributed by atoms with van der Waals surface area (Å²) in [6, 6.07) is 14.2. The summed E-state index contributed by atoms with van der Waals surface area (Å²) in [5.41, 5.74) is 3.26. The van der Waals surface area contributed by atoms with E-state index in [4.69, 9.17) is 11.6 Å². The molecule has 134 valence electrons. The molecule has 0 spiro atoms. The van der Waals surface area contributed by atoms with Gasteiger partial charge in [-0.2, -0.15) is 5.10 Å². The highest BCUT2D eigenvalue weighted by Crippen LogP contribution is 2.24. The predicted octanol–water partition coefficient (Wildman–Crippen LogP) is 4.33. The standard InChI is InChI=1S/C19H18ClFN4O/c1-12-19(13(2)25(24-12)14-7-4-3-5-8-14)23-17(26)11-22-16-10-6-9-15(20)18(16)21/h3-10,22H,11H2,1-2H3,(H,23,26). The van der Waals surface area contributed by atoms with Crippen LogP contribution in [0.1, 0.15) is 11.4 Å². The third kappa shape index (κ3) is 3.70. The van der Waals surface area contributed by atoms with Crippen molar-refractivity contribution in [3.63, 3.8) is 0 Å². The molecule has 2 aromatic carbocycles. The summed E-state index contributed by atoms with van der Waals surface area (Å²) in [5, 5.41) is 10.1. The fraction of sp³-hybridized carbons (Fsp3) is 0.158. The number of halogens is 2. The second-order valence-corrected chi connectivity index (χ2v) is 6.20. The van der Waals surface area contributed by atoms with Gasteiger partial charge in [0.25, 0.3) is 0 Å². The van der Waals surface area contributed by atoms with Gasteiger partial charge in [-0.05, 0) is 38.1 Å². The molecule has 0 aliphatic carbocycles. The van der Waals surface area contributed by atoms with Gasteiger partial charge >= 0.3 is 0 Å². The van der Waals surface area contributed by atoms with E-state index in [2.05, 4.69) is 15.7 Å². The Labute approximate surface area is 155 Å². The molecule has 5 nitrogen and oxygen atoms in total. The summed E-state index contributed by atoms with van der Waals surface area (Å²) in [7, 11) is 0. The number of nitrogens with zero attached hydrogens (tertiary/aromatic N) is 2. The number of carbonyl (C=O) groups excluding carboxylic acids is 1. The molecule has 1 heterocycles. The van der Waals surface area contributed by atoms with Gasteiger partial charge in [-0.1, -0.05) is 35.9 Å². The van der Waals surface area contributed by atoms with E-state index < -0.39 is 5.82 Å². The van der Waals surface area contributed by atoms with Crippen LogP contribution in [0.5, 0.6) is 0 Å². The van der Waals surface area contributed by atoms with Crippen LogP contribution in [-0.4, -0.2) is 22.2 Å². The van der Waals surface area contributed by atoms with Gasteiger partial charge in [0.15, 0.2) is 5.82 Å². The van der Waals surface area contributed by atoms with Gasteiger partial charge in [0.05, 0.1) is 40.0 Å². The smallest absolute Gasteiger partial charge is 0.243 e. The number of amides is 1. The minimum atomic E-state index is -0.578. The first-order chi connectivity index (χ1) is 12.5. The number of hydrogen-bond acceptors (Lipinski definition) is 3. The molecule has 0 saturated heterocycles. The number of nitrogens with one attached hydrogen (secondary N) is 2. The van der Waals surface area contributed by atoms with Crippen molar-refractivity contribution in [2.24, 2.45) is 0 Å². The van der Waals surface area contributed by atoms with Gasteiger partial charge in [0, 0.05) is 0 Å². The molecule has 0 bridgehead atoms. The average Bonchev–Trinajstić information content (AvgIpc) is 2.92. The van der Waals surface area contributed by atoms with Gasteiger partial charge < -0.3 is 10.6 Å². The van der Waals surface area contributed by atoms with Crippen molar-refractivity contribution >= 4 is 28.9 Å². The zero-order valence-electron chi connectivity index (χ0n) is 14.4. The van der Waals surface area contributed by atoms with Gasteiger partial charge in [0.2, 0.25) is 5.91 Å². The van der Waals surface area contributed by atoms with Crippen LogP contribution in [0.15, 0.2) is 48.5 Å². The fourth-order valence-corrected chi connectivity index (χ4v) is 2.82. The van der Waals surface area contributed by atoms with E-state index in [1.165, 1.54) is 12.1 Å². The Bertz CT molecular complexity index is 940. The molecule has 0 aliphatic rings. The lowest BCUT2D eigenvalue weighted by molar-refractivity contribution is -0.114. The van der Waals surface area contributed by atoms with Gasteiger partial charge in [-0.3, -0.25) is 4.79 Å². The van der Waals surface area contributed by atoms with Crippen LogP contribution in [-0.2, 0) is 4.79 Å². The van der Waals surface area contributed by atoms with Crippen molar-refractivity contribution in [2.45, 2.75) is 13.8 Å². The molecule has 1 aromatic heterocycles. The van der Waals surface area contributed by atoms with Crippen LogP contribution in [0.25, 0.3) is 5.69 Å². The summed E-state index contributed by atoms with van der Waals surface area (Å²) in [6.07, 6.45) is 0. The van der Waals surface area contributed by atoms with Crippen LogP contribution >= 0.6 is 11.6 Å². The molecule has 0 fully saturated rings. The Balaban J connectivity index is 1.72. The lowest BCUT2D eigenvalue weighted by Gasteiger charge is -2.10. The molecule has 0 atom stereocenters. The highest BCUT2D eigenvalue weighted by atomic mass is 35.5. The zero-order chi connectivity index (χ0) is 18.7. The largest absolute Gasteiger partial charge is 0.374 e. The minimum absolute atomic E-state index is 0.00577. The van der Waals surface area contributed by atoms with E-state index in [0.717, 1.165) is 11.4 Å².